The van der Waals surface area contributed by atoms with Crippen molar-refractivity contribution in [1.29, 1.82) is 0 Å². The first-order chi connectivity index (χ1) is 9.08. The van der Waals surface area contributed by atoms with E-state index in [0.29, 0.717) is 5.56 Å². The van der Waals surface area contributed by atoms with Gasteiger partial charge in [0, 0.05) is 20.0 Å². The van der Waals surface area contributed by atoms with Crippen LogP contribution in [0.2, 0.25) is 0 Å². The molecule has 1 saturated heterocycles. The van der Waals surface area contributed by atoms with Crippen molar-refractivity contribution in [2.24, 2.45) is 0 Å². The van der Waals surface area contributed by atoms with Crippen molar-refractivity contribution < 1.29 is 14.7 Å². The molecule has 1 aromatic rings. The van der Waals surface area contributed by atoms with Gasteiger partial charge in [-0.05, 0) is 30.5 Å². The van der Waals surface area contributed by atoms with Gasteiger partial charge in [0.25, 0.3) is 0 Å². The minimum Gasteiger partial charge on any atom is -0.508 e. The monoisotopic (exact) mass is 262 g/mol. The fourth-order valence-electron chi connectivity index (χ4n) is 2.28. The van der Waals surface area contributed by atoms with Gasteiger partial charge in [-0.2, -0.15) is 0 Å². The molecule has 0 saturated carbocycles. The van der Waals surface area contributed by atoms with Crippen molar-refractivity contribution in [3.05, 3.63) is 29.8 Å². The number of rotatable bonds is 3. The van der Waals surface area contributed by atoms with Crippen molar-refractivity contribution in [2.45, 2.75) is 25.8 Å². The SMILES string of the molecule is CC(=O)N[C@H](C(=O)N1CCCC1)c1ccc(O)cc1. The number of benzene rings is 1. The lowest BCUT2D eigenvalue weighted by atomic mass is 10.1. The Morgan fingerprint density at radius 3 is 2.32 bits per heavy atom. The number of likely N-dealkylation sites (tertiary alicyclic amines) is 1. The van der Waals surface area contributed by atoms with Gasteiger partial charge in [-0.25, -0.2) is 0 Å². The number of amides is 2. The first-order valence-electron chi connectivity index (χ1n) is 6.43. The standard InChI is InChI=1S/C14H18N2O3/c1-10(17)15-13(11-4-6-12(18)7-5-11)14(19)16-8-2-3-9-16/h4-7,13,18H,2-3,8-9H2,1H3,(H,15,17)/t13-/m0/s1. The van der Waals surface area contributed by atoms with Gasteiger partial charge in [-0.15, -0.1) is 0 Å². The molecule has 5 heteroatoms. The zero-order valence-electron chi connectivity index (χ0n) is 10.9. The first kappa shape index (κ1) is 13.4. The summed E-state index contributed by atoms with van der Waals surface area (Å²) < 4.78 is 0. The van der Waals surface area contributed by atoms with Crippen LogP contribution in [0.1, 0.15) is 31.4 Å². The van der Waals surface area contributed by atoms with Crippen molar-refractivity contribution in [1.82, 2.24) is 10.2 Å². The molecule has 1 aliphatic rings. The summed E-state index contributed by atoms with van der Waals surface area (Å²) in [7, 11) is 0. The topological polar surface area (TPSA) is 69.6 Å². The molecular weight excluding hydrogens is 244 g/mol. The van der Waals surface area contributed by atoms with Crippen LogP contribution in [0.25, 0.3) is 0 Å². The highest BCUT2D eigenvalue weighted by atomic mass is 16.3. The number of carbonyl (C=O) groups is 2. The summed E-state index contributed by atoms with van der Waals surface area (Å²) in [6.45, 7) is 2.88. The number of hydrogen-bond acceptors (Lipinski definition) is 3. The van der Waals surface area contributed by atoms with Gasteiger partial charge in [-0.1, -0.05) is 12.1 Å². The Hall–Kier alpha value is -2.04. The van der Waals surface area contributed by atoms with Crippen molar-refractivity contribution in [2.75, 3.05) is 13.1 Å². The summed E-state index contributed by atoms with van der Waals surface area (Å²) in [6, 6.07) is 5.67. The van der Waals surface area contributed by atoms with E-state index in [1.165, 1.54) is 19.1 Å². The van der Waals surface area contributed by atoms with Crippen LogP contribution in [-0.4, -0.2) is 34.9 Å². The van der Waals surface area contributed by atoms with Gasteiger partial charge in [0.05, 0.1) is 0 Å². The molecule has 1 atom stereocenters. The van der Waals surface area contributed by atoms with Gasteiger partial charge in [0.2, 0.25) is 11.8 Å². The number of hydrogen-bond donors (Lipinski definition) is 2. The van der Waals surface area contributed by atoms with Crippen LogP contribution in [0.4, 0.5) is 0 Å². The van der Waals surface area contributed by atoms with E-state index in [2.05, 4.69) is 5.32 Å². The highest BCUT2D eigenvalue weighted by Gasteiger charge is 2.28. The second-order valence-corrected chi connectivity index (χ2v) is 4.76. The quantitative estimate of drug-likeness (QED) is 0.859. The molecule has 2 rings (SSSR count). The van der Waals surface area contributed by atoms with Crippen molar-refractivity contribution in [3.8, 4) is 5.75 Å². The van der Waals surface area contributed by atoms with Crippen LogP contribution < -0.4 is 5.32 Å². The van der Waals surface area contributed by atoms with E-state index >= 15 is 0 Å². The zero-order valence-corrected chi connectivity index (χ0v) is 10.9. The second-order valence-electron chi connectivity index (χ2n) is 4.76. The summed E-state index contributed by atoms with van der Waals surface area (Å²) in [5, 5.41) is 12.0. The van der Waals surface area contributed by atoms with E-state index in [4.69, 9.17) is 0 Å². The summed E-state index contributed by atoms with van der Waals surface area (Å²) in [5.41, 5.74) is 0.685. The highest BCUT2D eigenvalue weighted by Crippen LogP contribution is 2.21. The Morgan fingerprint density at radius 1 is 1.21 bits per heavy atom. The number of aromatic hydroxyl groups is 1. The largest absolute Gasteiger partial charge is 0.508 e. The average Bonchev–Trinajstić information content (AvgIpc) is 2.90. The molecule has 0 bridgehead atoms. The molecule has 1 heterocycles. The fraction of sp³-hybridized carbons (Fsp3) is 0.429. The van der Waals surface area contributed by atoms with Crippen LogP contribution in [0.3, 0.4) is 0 Å². The Labute approximate surface area is 112 Å². The van der Waals surface area contributed by atoms with Crippen LogP contribution >= 0.6 is 0 Å². The lowest BCUT2D eigenvalue weighted by molar-refractivity contribution is -0.135. The zero-order chi connectivity index (χ0) is 13.8. The van der Waals surface area contributed by atoms with Gasteiger partial charge >= 0.3 is 0 Å². The molecule has 19 heavy (non-hydrogen) atoms. The Kier molecular flexibility index (Phi) is 4.04. The minimum absolute atomic E-state index is 0.0848. The molecular formula is C14H18N2O3. The van der Waals surface area contributed by atoms with Crippen LogP contribution in [0.15, 0.2) is 24.3 Å². The Bertz CT molecular complexity index is 464. The molecule has 0 aliphatic carbocycles. The molecule has 1 aromatic carbocycles. The third-order valence-electron chi connectivity index (χ3n) is 3.24. The van der Waals surface area contributed by atoms with E-state index in [1.54, 1.807) is 17.0 Å². The molecule has 2 amide bonds. The number of carbonyl (C=O) groups excluding carboxylic acids is 2. The second kappa shape index (κ2) is 5.73. The van der Waals surface area contributed by atoms with Crippen molar-refractivity contribution in [3.63, 3.8) is 0 Å². The van der Waals surface area contributed by atoms with Gasteiger partial charge in [0.15, 0.2) is 0 Å². The predicted molar refractivity (Wildman–Crippen MR) is 70.5 cm³/mol. The van der Waals surface area contributed by atoms with Crippen LogP contribution in [-0.2, 0) is 9.59 Å². The summed E-state index contributed by atoms with van der Waals surface area (Å²) in [4.78, 5) is 25.5. The van der Waals surface area contributed by atoms with Gasteiger partial charge in [0.1, 0.15) is 11.8 Å². The Morgan fingerprint density at radius 2 is 1.79 bits per heavy atom. The third kappa shape index (κ3) is 3.24. The Balaban J connectivity index is 2.21. The van der Waals surface area contributed by atoms with E-state index in [1.807, 2.05) is 0 Å². The maximum Gasteiger partial charge on any atom is 0.249 e. The summed E-state index contributed by atoms with van der Waals surface area (Å²) in [6.07, 6.45) is 2.02. The smallest absolute Gasteiger partial charge is 0.249 e. The summed E-state index contributed by atoms with van der Waals surface area (Å²) >= 11 is 0. The van der Waals surface area contributed by atoms with E-state index in [-0.39, 0.29) is 17.6 Å². The number of nitrogens with zero attached hydrogens (tertiary/aromatic N) is 1. The normalized spacial score (nSPS) is 16.2. The molecule has 5 nitrogen and oxygen atoms in total. The third-order valence-corrected chi connectivity index (χ3v) is 3.24. The maximum absolute atomic E-state index is 12.4. The lowest BCUT2D eigenvalue weighted by Gasteiger charge is -2.24. The number of phenols is 1. The van der Waals surface area contributed by atoms with Crippen molar-refractivity contribution >= 4 is 11.8 Å². The molecule has 0 aromatic heterocycles. The fourth-order valence-corrected chi connectivity index (χ4v) is 2.28. The van der Waals surface area contributed by atoms with Crippen LogP contribution in [0, 0.1) is 0 Å². The minimum atomic E-state index is -0.670. The molecule has 0 radical (unpaired) electrons. The molecule has 102 valence electrons. The predicted octanol–water partition coefficient (Wildman–Crippen LogP) is 1.19. The number of phenolic OH excluding ortho intramolecular Hbond substituents is 1. The van der Waals surface area contributed by atoms with Gasteiger partial charge < -0.3 is 15.3 Å². The lowest BCUT2D eigenvalue weighted by Crippen LogP contribution is -2.41. The van der Waals surface area contributed by atoms with E-state index in [0.717, 1.165) is 25.9 Å². The molecule has 0 unspecified atom stereocenters. The maximum atomic E-state index is 12.4. The highest BCUT2D eigenvalue weighted by molar-refractivity contribution is 5.88. The molecule has 2 N–H and O–H groups in total. The molecule has 1 aliphatic heterocycles. The molecule has 0 spiro atoms. The molecule has 1 fully saturated rings. The van der Waals surface area contributed by atoms with E-state index in [9.17, 15) is 14.7 Å². The summed E-state index contributed by atoms with van der Waals surface area (Å²) in [5.74, 6) is -0.192. The first-order valence-corrected chi connectivity index (χ1v) is 6.43. The average molecular weight is 262 g/mol. The van der Waals surface area contributed by atoms with Gasteiger partial charge in [-0.3, -0.25) is 9.59 Å². The van der Waals surface area contributed by atoms with Crippen LogP contribution in [0.5, 0.6) is 5.75 Å². The van der Waals surface area contributed by atoms with E-state index < -0.39 is 6.04 Å². The number of nitrogens with one attached hydrogen (secondary N) is 1.